The highest BCUT2D eigenvalue weighted by Crippen LogP contribution is 2.13. The van der Waals surface area contributed by atoms with Crippen molar-refractivity contribution in [1.29, 1.82) is 0 Å². The Bertz CT molecular complexity index is 737. The number of nitrogens with zero attached hydrogens (tertiary/aromatic N) is 2. The molecule has 2 rings (SSSR count). The van der Waals surface area contributed by atoms with Gasteiger partial charge in [0.1, 0.15) is 17.7 Å². The van der Waals surface area contributed by atoms with Crippen molar-refractivity contribution in [3.05, 3.63) is 65.5 Å². The highest BCUT2D eigenvalue weighted by molar-refractivity contribution is 14.0. The number of halogens is 2. The number of nitrogens with one attached hydrogen (secondary N) is 2. The van der Waals surface area contributed by atoms with Gasteiger partial charge in [-0.25, -0.2) is 4.39 Å². The van der Waals surface area contributed by atoms with E-state index in [9.17, 15) is 4.39 Å². The zero-order valence-corrected chi connectivity index (χ0v) is 19.2. The van der Waals surface area contributed by atoms with E-state index >= 15 is 0 Å². The maximum atomic E-state index is 13.0. The second-order valence-electron chi connectivity index (χ2n) is 6.70. The summed E-state index contributed by atoms with van der Waals surface area (Å²) >= 11 is 0. The summed E-state index contributed by atoms with van der Waals surface area (Å²) in [5.41, 5.74) is 2.53. The van der Waals surface area contributed by atoms with Crippen LogP contribution in [0.25, 0.3) is 0 Å². The van der Waals surface area contributed by atoms with E-state index in [4.69, 9.17) is 4.74 Å². The highest BCUT2D eigenvalue weighted by Gasteiger charge is 2.07. The third-order valence-corrected chi connectivity index (χ3v) is 3.98. The normalized spacial score (nSPS) is 12.3. The monoisotopic (exact) mass is 500 g/mol. The van der Waals surface area contributed by atoms with Crippen LogP contribution in [0.3, 0.4) is 0 Å². The van der Waals surface area contributed by atoms with Gasteiger partial charge in [-0.1, -0.05) is 24.3 Å². The van der Waals surface area contributed by atoms with Crippen LogP contribution in [0.1, 0.15) is 18.1 Å². The molecule has 28 heavy (non-hydrogen) atoms. The Hall–Kier alpha value is -1.87. The fourth-order valence-electron chi connectivity index (χ4n) is 2.65. The Morgan fingerprint density at radius 3 is 2.32 bits per heavy atom. The second-order valence-corrected chi connectivity index (χ2v) is 6.70. The number of aliphatic imine (C=N–C) groups is 1. The van der Waals surface area contributed by atoms with Gasteiger partial charge in [0.25, 0.3) is 0 Å². The average molecular weight is 500 g/mol. The van der Waals surface area contributed by atoms with Crippen LogP contribution in [0.5, 0.6) is 5.75 Å². The van der Waals surface area contributed by atoms with Gasteiger partial charge in [-0.05, 0) is 56.4 Å². The number of rotatable bonds is 8. The lowest BCUT2D eigenvalue weighted by Crippen LogP contribution is -2.41. The van der Waals surface area contributed by atoms with Gasteiger partial charge in [0.05, 0.1) is 6.54 Å². The molecule has 0 bridgehead atoms. The van der Waals surface area contributed by atoms with E-state index in [0.29, 0.717) is 24.8 Å². The van der Waals surface area contributed by atoms with Gasteiger partial charge in [-0.15, -0.1) is 24.0 Å². The Morgan fingerprint density at radius 1 is 1.07 bits per heavy atom. The van der Waals surface area contributed by atoms with Gasteiger partial charge in [0, 0.05) is 20.1 Å². The van der Waals surface area contributed by atoms with E-state index in [1.807, 2.05) is 13.0 Å². The number of hydrogen-bond acceptors (Lipinski definition) is 3. The fraction of sp³-hybridized carbons (Fsp3) is 0.381. The van der Waals surface area contributed by atoms with Gasteiger partial charge >= 0.3 is 0 Å². The number of ether oxygens (including phenoxy) is 1. The first-order chi connectivity index (χ1) is 13.0. The van der Waals surface area contributed by atoms with Crippen LogP contribution in [0, 0.1) is 5.82 Å². The molecule has 0 saturated carbocycles. The van der Waals surface area contributed by atoms with Crippen LogP contribution in [0.2, 0.25) is 0 Å². The molecule has 0 aliphatic carbocycles. The maximum absolute atomic E-state index is 13.0. The van der Waals surface area contributed by atoms with E-state index in [0.717, 1.165) is 6.54 Å². The molecule has 0 aliphatic heterocycles. The molecule has 1 atom stereocenters. The van der Waals surface area contributed by atoms with Crippen molar-refractivity contribution in [3.8, 4) is 5.75 Å². The minimum atomic E-state index is -0.271. The molecule has 0 spiro atoms. The van der Waals surface area contributed by atoms with Crippen molar-refractivity contribution in [2.75, 3.05) is 27.7 Å². The smallest absolute Gasteiger partial charge is 0.191 e. The Balaban J connectivity index is 0.00000392. The summed E-state index contributed by atoms with van der Waals surface area (Å²) in [7, 11) is 5.87. The standard InChI is InChI=1S/C21H29FN4O.HI/c1-16(27-20-11-9-19(22)10-12-20)13-24-21(23-2)25-14-17-7-5-6-8-18(17)15-26(3)4;/h5-12,16H,13-15H2,1-4H3,(H2,23,24,25);1H. The zero-order chi connectivity index (χ0) is 19.6. The topological polar surface area (TPSA) is 48.9 Å². The molecular weight excluding hydrogens is 470 g/mol. The van der Waals surface area contributed by atoms with Crippen LogP contribution < -0.4 is 15.4 Å². The Labute approximate surface area is 184 Å². The minimum Gasteiger partial charge on any atom is -0.489 e. The third-order valence-electron chi connectivity index (χ3n) is 3.98. The molecular formula is C21H30FIN4O. The fourth-order valence-corrected chi connectivity index (χ4v) is 2.65. The molecule has 7 heteroatoms. The van der Waals surface area contributed by atoms with Crippen molar-refractivity contribution in [2.45, 2.75) is 26.1 Å². The molecule has 2 aromatic carbocycles. The lowest BCUT2D eigenvalue weighted by Gasteiger charge is -2.19. The summed E-state index contributed by atoms with van der Waals surface area (Å²) in [5, 5.41) is 6.60. The summed E-state index contributed by atoms with van der Waals surface area (Å²) < 4.78 is 18.7. The first kappa shape index (κ1) is 24.2. The second kappa shape index (κ2) is 12.6. The molecule has 5 nitrogen and oxygen atoms in total. The van der Waals surface area contributed by atoms with Gasteiger partial charge in [0.15, 0.2) is 5.96 Å². The van der Waals surface area contributed by atoms with Crippen LogP contribution in [-0.2, 0) is 13.1 Å². The molecule has 2 aromatic rings. The SMILES string of the molecule is CN=C(NCc1ccccc1CN(C)C)NCC(C)Oc1ccc(F)cc1.I. The van der Waals surface area contributed by atoms with Crippen LogP contribution >= 0.6 is 24.0 Å². The van der Waals surface area contributed by atoms with Crippen LogP contribution in [0.4, 0.5) is 4.39 Å². The number of hydrogen-bond donors (Lipinski definition) is 2. The van der Waals surface area contributed by atoms with E-state index in [1.54, 1.807) is 19.2 Å². The molecule has 0 fully saturated rings. The highest BCUT2D eigenvalue weighted by atomic mass is 127. The third kappa shape index (κ3) is 8.43. The number of benzene rings is 2. The predicted molar refractivity (Wildman–Crippen MR) is 124 cm³/mol. The largest absolute Gasteiger partial charge is 0.489 e. The molecule has 0 aromatic heterocycles. The van der Waals surface area contributed by atoms with Crippen LogP contribution in [0.15, 0.2) is 53.5 Å². The maximum Gasteiger partial charge on any atom is 0.191 e. The van der Waals surface area contributed by atoms with E-state index in [2.05, 4.69) is 52.8 Å². The molecule has 0 heterocycles. The number of guanidine groups is 1. The van der Waals surface area contributed by atoms with Crippen molar-refractivity contribution >= 4 is 29.9 Å². The molecule has 0 amide bonds. The molecule has 2 N–H and O–H groups in total. The van der Waals surface area contributed by atoms with Crippen molar-refractivity contribution in [3.63, 3.8) is 0 Å². The van der Waals surface area contributed by atoms with E-state index < -0.39 is 0 Å². The Kier molecular flexibility index (Phi) is 10.8. The first-order valence-electron chi connectivity index (χ1n) is 9.06. The quantitative estimate of drug-likeness (QED) is 0.330. The van der Waals surface area contributed by atoms with Crippen molar-refractivity contribution < 1.29 is 9.13 Å². The lowest BCUT2D eigenvalue weighted by atomic mass is 10.1. The summed E-state index contributed by atoms with van der Waals surface area (Å²) in [6.45, 7) is 4.12. The van der Waals surface area contributed by atoms with E-state index in [1.165, 1.54) is 23.3 Å². The van der Waals surface area contributed by atoms with Gasteiger partial charge in [0.2, 0.25) is 0 Å². The molecule has 0 radical (unpaired) electrons. The lowest BCUT2D eigenvalue weighted by molar-refractivity contribution is 0.223. The predicted octanol–water partition coefficient (Wildman–Crippen LogP) is 3.64. The first-order valence-corrected chi connectivity index (χ1v) is 9.06. The van der Waals surface area contributed by atoms with E-state index in [-0.39, 0.29) is 35.9 Å². The summed E-state index contributed by atoms with van der Waals surface area (Å²) in [6, 6.07) is 14.4. The molecule has 0 aliphatic rings. The minimum absolute atomic E-state index is 0. The van der Waals surface area contributed by atoms with Gasteiger partial charge in [-0.3, -0.25) is 4.99 Å². The van der Waals surface area contributed by atoms with Crippen molar-refractivity contribution in [1.82, 2.24) is 15.5 Å². The van der Waals surface area contributed by atoms with Gasteiger partial charge in [-0.2, -0.15) is 0 Å². The Morgan fingerprint density at radius 2 is 1.71 bits per heavy atom. The van der Waals surface area contributed by atoms with Crippen molar-refractivity contribution in [2.24, 2.45) is 4.99 Å². The zero-order valence-electron chi connectivity index (χ0n) is 16.9. The summed E-state index contributed by atoms with van der Waals surface area (Å²) in [4.78, 5) is 6.42. The molecule has 1 unspecified atom stereocenters. The van der Waals surface area contributed by atoms with Crippen LogP contribution in [-0.4, -0.2) is 44.7 Å². The molecule has 154 valence electrons. The van der Waals surface area contributed by atoms with Gasteiger partial charge < -0.3 is 20.3 Å². The summed E-state index contributed by atoms with van der Waals surface area (Å²) in [6.07, 6.45) is -0.0879. The average Bonchev–Trinajstić information content (AvgIpc) is 2.64. The summed E-state index contributed by atoms with van der Waals surface area (Å²) in [5.74, 6) is 1.09. The molecule has 0 saturated heterocycles.